The summed E-state index contributed by atoms with van der Waals surface area (Å²) in [5, 5.41) is 2.93. The largest absolute Gasteiger partial charge is 0.322 e. The number of hydrogen-bond acceptors (Lipinski definition) is 3. The summed E-state index contributed by atoms with van der Waals surface area (Å²) >= 11 is 2.01. The third-order valence-corrected chi connectivity index (χ3v) is 5.41. The molecule has 1 fully saturated rings. The number of anilines is 1. The zero-order valence-corrected chi connectivity index (χ0v) is 15.5. The summed E-state index contributed by atoms with van der Waals surface area (Å²) in [6, 6.07) is 10.6. The first-order chi connectivity index (χ1) is 12.0. The molecule has 1 N–H and O–H groups in total. The van der Waals surface area contributed by atoms with Crippen molar-refractivity contribution in [1.29, 1.82) is 0 Å². The van der Waals surface area contributed by atoms with Crippen molar-refractivity contribution < 1.29 is 9.18 Å². The van der Waals surface area contributed by atoms with Gasteiger partial charge in [0.25, 0.3) is 5.91 Å². The fraction of sp³-hybridized carbons (Fsp3) is 0.350. The molecule has 1 amide bonds. The fourth-order valence-electron chi connectivity index (χ4n) is 2.96. The van der Waals surface area contributed by atoms with E-state index < -0.39 is 0 Å². The molecule has 2 aromatic rings. The number of nitrogens with one attached hydrogen (secondary N) is 1. The monoisotopic (exact) mass is 358 g/mol. The third-order valence-electron chi connectivity index (χ3n) is 4.47. The van der Waals surface area contributed by atoms with E-state index >= 15 is 0 Å². The summed E-state index contributed by atoms with van der Waals surface area (Å²) in [6.07, 6.45) is 0. The first-order valence-corrected chi connectivity index (χ1v) is 9.65. The molecule has 0 spiro atoms. The van der Waals surface area contributed by atoms with Gasteiger partial charge in [-0.25, -0.2) is 4.39 Å². The van der Waals surface area contributed by atoms with Crippen LogP contribution in [-0.4, -0.2) is 35.4 Å². The Morgan fingerprint density at radius 2 is 1.88 bits per heavy atom. The Kier molecular flexibility index (Phi) is 5.76. The van der Waals surface area contributed by atoms with E-state index in [1.807, 2.05) is 24.8 Å². The topological polar surface area (TPSA) is 32.3 Å². The molecule has 1 heterocycles. The number of rotatable bonds is 4. The molecule has 5 heteroatoms. The first-order valence-electron chi connectivity index (χ1n) is 8.50. The van der Waals surface area contributed by atoms with Gasteiger partial charge in [-0.05, 0) is 54.8 Å². The van der Waals surface area contributed by atoms with Gasteiger partial charge in [0.15, 0.2) is 0 Å². The molecule has 0 atom stereocenters. The van der Waals surface area contributed by atoms with Gasteiger partial charge in [-0.15, -0.1) is 0 Å². The lowest BCUT2D eigenvalue weighted by atomic mass is 10.1. The van der Waals surface area contributed by atoms with Crippen LogP contribution in [0.1, 0.15) is 27.0 Å². The first kappa shape index (κ1) is 18.0. The van der Waals surface area contributed by atoms with E-state index in [4.69, 9.17) is 0 Å². The van der Waals surface area contributed by atoms with Gasteiger partial charge in [-0.1, -0.05) is 12.1 Å². The van der Waals surface area contributed by atoms with Crippen LogP contribution in [-0.2, 0) is 6.54 Å². The van der Waals surface area contributed by atoms with Crippen molar-refractivity contribution in [1.82, 2.24) is 4.90 Å². The highest BCUT2D eigenvalue weighted by Gasteiger charge is 2.13. The zero-order chi connectivity index (χ0) is 17.8. The second-order valence-corrected chi connectivity index (χ2v) is 7.68. The second kappa shape index (κ2) is 8.02. The van der Waals surface area contributed by atoms with Crippen molar-refractivity contribution in [3.63, 3.8) is 0 Å². The van der Waals surface area contributed by atoms with Crippen molar-refractivity contribution in [2.24, 2.45) is 0 Å². The van der Waals surface area contributed by atoms with Gasteiger partial charge in [0, 0.05) is 42.4 Å². The average Bonchev–Trinajstić information content (AvgIpc) is 2.60. The standard InChI is InChI=1S/C20H23FN2OS/c1-14-12-17(4-5-18(14)21)20(24)22-19-6-3-16(11-15(19)2)13-23-7-9-25-10-8-23/h3-6,11-12H,7-10,13H2,1-2H3,(H,22,24). The van der Waals surface area contributed by atoms with Gasteiger partial charge in [-0.2, -0.15) is 11.8 Å². The van der Waals surface area contributed by atoms with Crippen LogP contribution in [0.4, 0.5) is 10.1 Å². The normalized spacial score (nSPS) is 15.2. The Morgan fingerprint density at radius 3 is 2.56 bits per heavy atom. The van der Waals surface area contributed by atoms with Gasteiger partial charge < -0.3 is 5.32 Å². The van der Waals surface area contributed by atoms with Crippen molar-refractivity contribution in [3.05, 3.63) is 64.5 Å². The van der Waals surface area contributed by atoms with Crippen LogP contribution in [0.25, 0.3) is 0 Å². The molecular weight excluding hydrogens is 335 g/mol. The number of thioether (sulfide) groups is 1. The van der Waals surface area contributed by atoms with Crippen LogP contribution in [0.3, 0.4) is 0 Å². The number of hydrogen-bond donors (Lipinski definition) is 1. The molecule has 0 bridgehead atoms. The van der Waals surface area contributed by atoms with E-state index in [9.17, 15) is 9.18 Å². The molecule has 0 unspecified atom stereocenters. The van der Waals surface area contributed by atoms with E-state index in [1.54, 1.807) is 13.0 Å². The highest BCUT2D eigenvalue weighted by Crippen LogP contribution is 2.20. The van der Waals surface area contributed by atoms with Gasteiger partial charge >= 0.3 is 0 Å². The summed E-state index contributed by atoms with van der Waals surface area (Å²) in [5.41, 5.74) is 4.04. The van der Waals surface area contributed by atoms with E-state index in [2.05, 4.69) is 22.3 Å². The number of carbonyl (C=O) groups is 1. The van der Waals surface area contributed by atoms with Crippen molar-refractivity contribution in [2.45, 2.75) is 20.4 Å². The smallest absolute Gasteiger partial charge is 0.255 e. The van der Waals surface area contributed by atoms with E-state index in [1.165, 1.54) is 29.2 Å². The fourth-order valence-corrected chi connectivity index (χ4v) is 3.94. The predicted molar refractivity (Wildman–Crippen MR) is 103 cm³/mol. The summed E-state index contributed by atoms with van der Waals surface area (Å²) < 4.78 is 13.4. The molecule has 0 saturated carbocycles. The average molecular weight is 358 g/mol. The van der Waals surface area contributed by atoms with Crippen molar-refractivity contribution >= 4 is 23.4 Å². The number of amides is 1. The minimum atomic E-state index is -0.298. The van der Waals surface area contributed by atoms with Crippen LogP contribution in [0.5, 0.6) is 0 Å². The Labute approximate surface area is 152 Å². The molecule has 0 radical (unpaired) electrons. The SMILES string of the molecule is Cc1cc(C(=O)Nc2ccc(CN3CCSCC3)cc2C)ccc1F. The summed E-state index contributed by atoms with van der Waals surface area (Å²) in [5.74, 6) is 1.88. The lowest BCUT2D eigenvalue weighted by Crippen LogP contribution is -2.31. The van der Waals surface area contributed by atoms with Crippen LogP contribution in [0.2, 0.25) is 0 Å². The molecule has 25 heavy (non-hydrogen) atoms. The lowest BCUT2D eigenvalue weighted by Gasteiger charge is -2.26. The zero-order valence-electron chi connectivity index (χ0n) is 14.6. The summed E-state index contributed by atoms with van der Waals surface area (Å²) in [4.78, 5) is 14.9. The molecule has 2 aromatic carbocycles. The number of halogens is 1. The number of aryl methyl sites for hydroxylation is 2. The molecule has 0 aliphatic carbocycles. The summed E-state index contributed by atoms with van der Waals surface area (Å²) in [7, 11) is 0. The molecule has 1 aliphatic rings. The number of nitrogens with zero attached hydrogens (tertiary/aromatic N) is 1. The van der Waals surface area contributed by atoms with Crippen LogP contribution in [0.15, 0.2) is 36.4 Å². The number of carbonyl (C=O) groups excluding carboxylic acids is 1. The van der Waals surface area contributed by atoms with Crippen LogP contribution < -0.4 is 5.32 Å². The highest BCUT2D eigenvalue weighted by molar-refractivity contribution is 7.99. The molecule has 0 aromatic heterocycles. The Hall–Kier alpha value is -1.85. The maximum absolute atomic E-state index is 13.4. The van der Waals surface area contributed by atoms with Gasteiger partial charge in [0.2, 0.25) is 0 Å². The number of benzene rings is 2. The Bertz CT molecular complexity index is 772. The van der Waals surface area contributed by atoms with Crippen molar-refractivity contribution in [3.8, 4) is 0 Å². The summed E-state index contributed by atoms with van der Waals surface area (Å²) in [6.45, 7) is 6.87. The van der Waals surface area contributed by atoms with E-state index in [-0.39, 0.29) is 11.7 Å². The quantitative estimate of drug-likeness (QED) is 0.887. The lowest BCUT2D eigenvalue weighted by molar-refractivity contribution is 0.102. The molecule has 3 nitrogen and oxygen atoms in total. The van der Waals surface area contributed by atoms with Gasteiger partial charge in [-0.3, -0.25) is 9.69 Å². The highest BCUT2D eigenvalue weighted by atomic mass is 32.2. The molecule has 1 saturated heterocycles. The Balaban J connectivity index is 1.67. The minimum absolute atomic E-state index is 0.216. The molecule has 3 rings (SSSR count). The molecule has 132 valence electrons. The predicted octanol–water partition coefficient (Wildman–Crippen LogP) is 4.24. The maximum atomic E-state index is 13.4. The third kappa shape index (κ3) is 4.61. The second-order valence-electron chi connectivity index (χ2n) is 6.46. The van der Waals surface area contributed by atoms with Gasteiger partial charge in [0.05, 0.1) is 0 Å². The molecular formula is C20H23FN2OS. The minimum Gasteiger partial charge on any atom is -0.322 e. The van der Waals surface area contributed by atoms with Gasteiger partial charge in [0.1, 0.15) is 5.82 Å². The molecule has 1 aliphatic heterocycles. The van der Waals surface area contributed by atoms with E-state index in [0.717, 1.165) is 30.9 Å². The van der Waals surface area contributed by atoms with Crippen LogP contribution in [0, 0.1) is 19.7 Å². The van der Waals surface area contributed by atoms with E-state index in [0.29, 0.717) is 11.1 Å². The van der Waals surface area contributed by atoms with Crippen LogP contribution >= 0.6 is 11.8 Å². The van der Waals surface area contributed by atoms with Crippen molar-refractivity contribution in [2.75, 3.05) is 29.9 Å². The Morgan fingerprint density at radius 1 is 1.12 bits per heavy atom. The maximum Gasteiger partial charge on any atom is 0.255 e.